The Balaban J connectivity index is 2.00. The minimum absolute atomic E-state index is 0.0794. The SMILES string of the molecule is CC(=O)c1cccc(NC(=O)CN(Cc2ccco2)C(C)=O)c1. The van der Waals surface area contributed by atoms with Crippen molar-refractivity contribution in [2.45, 2.75) is 20.4 Å². The molecule has 0 spiro atoms. The summed E-state index contributed by atoms with van der Waals surface area (Å²) in [6, 6.07) is 10.1. The maximum atomic E-state index is 12.1. The Bertz CT molecular complexity index is 707. The summed E-state index contributed by atoms with van der Waals surface area (Å²) < 4.78 is 5.19. The average Bonchev–Trinajstić information content (AvgIpc) is 2.99. The lowest BCUT2D eigenvalue weighted by Crippen LogP contribution is -2.36. The van der Waals surface area contributed by atoms with E-state index < -0.39 is 0 Å². The number of nitrogens with one attached hydrogen (secondary N) is 1. The molecule has 0 saturated carbocycles. The van der Waals surface area contributed by atoms with Crippen LogP contribution in [0.5, 0.6) is 0 Å². The molecule has 0 aliphatic heterocycles. The van der Waals surface area contributed by atoms with Crippen molar-refractivity contribution < 1.29 is 18.8 Å². The van der Waals surface area contributed by atoms with Crippen LogP contribution in [0, 0.1) is 0 Å². The number of rotatable bonds is 6. The number of furan rings is 1. The van der Waals surface area contributed by atoms with E-state index in [4.69, 9.17) is 4.42 Å². The van der Waals surface area contributed by atoms with Crippen LogP contribution < -0.4 is 5.32 Å². The van der Waals surface area contributed by atoms with Gasteiger partial charge in [0, 0.05) is 18.2 Å². The monoisotopic (exact) mass is 314 g/mol. The van der Waals surface area contributed by atoms with Gasteiger partial charge in [0.15, 0.2) is 5.78 Å². The predicted molar refractivity (Wildman–Crippen MR) is 84.9 cm³/mol. The molecule has 0 fully saturated rings. The van der Waals surface area contributed by atoms with Crippen molar-refractivity contribution in [3.05, 3.63) is 54.0 Å². The largest absolute Gasteiger partial charge is 0.467 e. The molecular weight excluding hydrogens is 296 g/mol. The molecule has 0 aliphatic carbocycles. The Kier molecular flexibility index (Phi) is 5.30. The van der Waals surface area contributed by atoms with E-state index >= 15 is 0 Å². The zero-order valence-corrected chi connectivity index (χ0v) is 13.0. The van der Waals surface area contributed by atoms with Crippen LogP contribution in [0.4, 0.5) is 5.69 Å². The van der Waals surface area contributed by atoms with E-state index in [2.05, 4.69) is 5.32 Å². The van der Waals surface area contributed by atoms with E-state index in [9.17, 15) is 14.4 Å². The summed E-state index contributed by atoms with van der Waals surface area (Å²) in [6.07, 6.45) is 1.51. The van der Waals surface area contributed by atoms with E-state index in [1.54, 1.807) is 36.4 Å². The van der Waals surface area contributed by atoms with Crippen LogP contribution in [-0.2, 0) is 16.1 Å². The molecule has 0 bridgehead atoms. The van der Waals surface area contributed by atoms with Gasteiger partial charge in [0.1, 0.15) is 12.3 Å². The van der Waals surface area contributed by atoms with Crippen molar-refractivity contribution in [3.8, 4) is 0 Å². The van der Waals surface area contributed by atoms with E-state index in [1.165, 1.54) is 25.0 Å². The summed E-state index contributed by atoms with van der Waals surface area (Å²) in [4.78, 5) is 36.5. The fraction of sp³-hybridized carbons (Fsp3) is 0.235. The summed E-state index contributed by atoms with van der Waals surface area (Å²) in [5.74, 6) is -0.0441. The summed E-state index contributed by atoms with van der Waals surface area (Å²) in [6.45, 7) is 2.98. The maximum absolute atomic E-state index is 12.1. The van der Waals surface area contributed by atoms with E-state index in [0.717, 1.165) is 0 Å². The van der Waals surface area contributed by atoms with Gasteiger partial charge in [-0.1, -0.05) is 12.1 Å². The fourth-order valence-electron chi connectivity index (χ4n) is 2.06. The summed E-state index contributed by atoms with van der Waals surface area (Å²) in [5, 5.41) is 2.69. The minimum Gasteiger partial charge on any atom is -0.467 e. The molecule has 2 aromatic rings. The van der Waals surface area contributed by atoms with Crippen LogP contribution in [0.2, 0.25) is 0 Å². The van der Waals surface area contributed by atoms with Gasteiger partial charge in [-0.25, -0.2) is 0 Å². The molecule has 1 aromatic carbocycles. The predicted octanol–water partition coefficient (Wildman–Crippen LogP) is 2.47. The zero-order chi connectivity index (χ0) is 16.8. The molecule has 2 rings (SSSR count). The first-order valence-corrected chi connectivity index (χ1v) is 7.14. The number of benzene rings is 1. The highest BCUT2D eigenvalue weighted by molar-refractivity contribution is 5.98. The lowest BCUT2D eigenvalue weighted by atomic mass is 10.1. The Hall–Kier alpha value is -2.89. The van der Waals surface area contributed by atoms with Crippen LogP contribution in [0.3, 0.4) is 0 Å². The van der Waals surface area contributed by atoms with Crippen molar-refractivity contribution in [1.29, 1.82) is 0 Å². The summed E-state index contributed by atoms with van der Waals surface area (Å²) >= 11 is 0. The Morgan fingerprint density at radius 2 is 1.91 bits per heavy atom. The van der Waals surface area contributed by atoms with Gasteiger partial charge in [-0.05, 0) is 31.2 Å². The van der Waals surface area contributed by atoms with Gasteiger partial charge in [-0.3, -0.25) is 14.4 Å². The molecule has 0 atom stereocenters. The number of anilines is 1. The highest BCUT2D eigenvalue weighted by atomic mass is 16.3. The van der Waals surface area contributed by atoms with Crippen molar-refractivity contribution in [2.75, 3.05) is 11.9 Å². The maximum Gasteiger partial charge on any atom is 0.244 e. The average molecular weight is 314 g/mol. The van der Waals surface area contributed by atoms with Crippen LogP contribution in [0.15, 0.2) is 47.1 Å². The molecule has 0 radical (unpaired) electrons. The van der Waals surface area contributed by atoms with Gasteiger partial charge in [0.05, 0.1) is 12.8 Å². The minimum atomic E-state index is -0.340. The standard InChI is InChI=1S/C17H18N2O4/c1-12(20)14-5-3-6-15(9-14)18-17(22)11-19(13(2)21)10-16-7-4-8-23-16/h3-9H,10-11H2,1-2H3,(H,18,22). The van der Waals surface area contributed by atoms with Gasteiger partial charge < -0.3 is 14.6 Å². The second-order valence-electron chi connectivity index (χ2n) is 5.14. The Morgan fingerprint density at radius 1 is 1.13 bits per heavy atom. The van der Waals surface area contributed by atoms with Gasteiger partial charge in [0.25, 0.3) is 0 Å². The van der Waals surface area contributed by atoms with Crippen LogP contribution in [0.1, 0.15) is 30.0 Å². The third-order valence-corrected chi connectivity index (χ3v) is 3.26. The first kappa shape index (κ1) is 16.5. The number of hydrogen-bond acceptors (Lipinski definition) is 4. The quantitative estimate of drug-likeness (QED) is 0.831. The number of ketones is 1. The highest BCUT2D eigenvalue weighted by Crippen LogP contribution is 2.12. The molecule has 0 unspecified atom stereocenters. The summed E-state index contributed by atoms with van der Waals surface area (Å²) in [5.41, 5.74) is 1.03. The molecule has 6 heteroatoms. The van der Waals surface area contributed by atoms with Gasteiger partial charge in [-0.15, -0.1) is 0 Å². The number of nitrogens with zero attached hydrogens (tertiary/aromatic N) is 1. The lowest BCUT2D eigenvalue weighted by Gasteiger charge is -2.19. The first-order valence-electron chi connectivity index (χ1n) is 7.14. The Morgan fingerprint density at radius 3 is 2.52 bits per heavy atom. The molecule has 1 aromatic heterocycles. The van der Waals surface area contributed by atoms with Gasteiger partial charge >= 0.3 is 0 Å². The smallest absolute Gasteiger partial charge is 0.244 e. The van der Waals surface area contributed by atoms with E-state index in [1.807, 2.05) is 0 Å². The molecule has 0 saturated heterocycles. The Labute approximate surface area is 134 Å². The molecule has 6 nitrogen and oxygen atoms in total. The van der Waals surface area contributed by atoms with Gasteiger partial charge in [0.2, 0.25) is 11.8 Å². The molecular formula is C17H18N2O4. The molecule has 1 N–H and O–H groups in total. The third-order valence-electron chi connectivity index (χ3n) is 3.26. The summed E-state index contributed by atoms with van der Waals surface area (Å²) in [7, 11) is 0. The number of carbonyl (C=O) groups is 3. The van der Waals surface area contributed by atoms with Crippen molar-refractivity contribution in [2.24, 2.45) is 0 Å². The van der Waals surface area contributed by atoms with Crippen molar-refractivity contribution in [3.63, 3.8) is 0 Å². The molecule has 0 aliphatic rings. The molecule has 120 valence electrons. The number of amides is 2. The number of hydrogen-bond donors (Lipinski definition) is 1. The van der Waals surface area contributed by atoms with E-state index in [-0.39, 0.29) is 30.7 Å². The number of carbonyl (C=O) groups excluding carboxylic acids is 3. The second kappa shape index (κ2) is 7.40. The van der Waals surface area contributed by atoms with E-state index in [0.29, 0.717) is 17.0 Å². The van der Waals surface area contributed by atoms with Crippen LogP contribution >= 0.6 is 0 Å². The molecule has 2 amide bonds. The normalized spacial score (nSPS) is 10.2. The zero-order valence-electron chi connectivity index (χ0n) is 13.0. The van der Waals surface area contributed by atoms with Crippen molar-refractivity contribution in [1.82, 2.24) is 4.90 Å². The fourth-order valence-corrected chi connectivity index (χ4v) is 2.06. The lowest BCUT2D eigenvalue weighted by molar-refractivity contribution is -0.133. The number of Topliss-reactive ketones (excluding diaryl/α,β-unsaturated/α-hetero) is 1. The topological polar surface area (TPSA) is 79.6 Å². The third kappa shape index (κ3) is 4.81. The van der Waals surface area contributed by atoms with Crippen LogP contribution in [-0.4, -0.2) is 29.0 Å². The molecule has 23 heavy (non-hydrogen) atoms. The van der Waals surface area contributed by atoms with Crippen LogP contribution in [0.25, 0.3) is 0 Å². The highest BCUT2D eigenvalue weighted by Gasteiger charge is 2.15. The first-order chi connectivity index (χ1) is 11.0. The van der Waals surface area contributed by atoms with Gasteiger partial charge in [-0.2, -0.15) is 0 Å². The second-order valence-corrected chi connectivity index (χ2v) is 5.14. The van der Waals surface area contributed by atoms with Crippen molar-refractivity contribution >= 4 is 23.3 Å². The molecule has 1 heterocycles.